The summed E-state index contributed by atoms with van der Waals surface area (Å²) in [5, 5.41) is 2.51. The SMILES string of the molecule is C=CCNC(=O)N1CC(Oc2ccc(C(F)(F)F)cc2Cl)C1. The highest BCUT2D eigenvalue weighted by Crippen LogP contribution is 2.35. The van der Waals surface area contributed by atoms with E-state index in [1.54, 1.807) is 6.08 Å². The number of hydrogen-bond acceptors (Lipinski definition) is 2. The van der Waals surface area contributed by atoms with Gasteiger partial charge in [-0.2, -0.15) is 13.2 Å². The lowest BCUT2D eigenvalue weighted by atomic mass is 10.1. The Labute approximate surface area is 130 Å². The summed E-state index contributed by atoms with van der Waals surface area (Å²) in [4.78, 5) is 13.1. The number of likely N-dealkylation sites (tertiary alicyclic amines) is 1. The van der Waals surface area contributed by atoms with Crippen LogP contribution in [0.25, 0.3) is 0 Å². The largest absolute Gasteiger partial charge is 0.485 e. The number of urea groups is 1. The van der Waals surface area contributed by atoms with E-state index in [2.05, 4.69) is 11.9 Å². The van der Waals surface area contributed by atoms with E-state index < -0.39 is 11.7 Å². The van der Waals surface area contributed by atoms with E-state index in [4.69, 9.17) is 16.3 Å². The second-order valence-electron chi connectivity index (χ2n) is 4.76. The summed E-state index contributed by atoms with van der Waals surface area (Å²) in [6, 6.07) is 2.68. The molecule has 4 nitrogen and oxygen atoms in total. The van der Waals surface area contributed by atoms with Gasteiger partial charge in [-0.3, -0.25) is 0 Å². The number of carbonyl (C=O) groups is 1. The molecular weight excluding hydrogens is 321 g/mol. The molecule has 0 saturated carbocycles. The molecule has 1 saturated heterocycles. The smallest absolute Gasteiger partial charge is 0.416 e. The summed E-state index contributed by atoms with van der Waals surface area (Å²) in [7, 11) is 0. The van der Waals surface area contributed by atoms with Crippen molar-refractivity contribution in [2.24, 2.45) is 0 Å². The van der Waals surface area contributed by atoms with Gasteiger partial charge in [-0.1, -0.05) is 17.7 Å². The fourth-order valence-corrected chi connectivity index (χ4v) is 2.13. The highest BCUT2D eigenvalue weighted by Gasteiger charge is 2.34. The minimum Gasteiger partial charge on any atom is -0.485 e. The molecule has 0 radical (unpaired) electrons. The number of ether oxygens (including phenoxy) is 1. The summed E-state index contributed by atoms with van der Waals surface area (Å²) in [5.41, 5.74) is -0.830. The summed E-state index contributed by atoms with van der Waals surface area (Å²) < 4.78 is 43.1. The predicted molar refractivity (Wildman–Crippen MR) is 76.0 cm³/mol. The van der Waals surface area contributed by atoms with Gasteiger partial charge in [0.1, 0.15) is 11.9 Å². The van der Waals surface area contributed by atoms with E-state index in [1.807, 2.05) is 0 Å². The van der Waals surface area contributed by atoms with Crippen LogP contribution in [-0.2, 0) is 6.18 Å². The highest BCUT2D eigenvalue weighted by atomic mass is 35.5. The fraction of sp³-hybridized carbons (Fsp3) is 0.357. The topological polar surface area (TPSA) is 41.6 Å². The van der Waals surface area contributed by atoms with E-state index in [0.717, 1.165) is 12.1 Å². The van der Waals surface area contributed by atoms with Crippen LogP contribution in [0.15, 0.2) is 30.9 Å². The summed E-state index contributed by atoms with van der Waals surface area (Å²) in [5.74, 6) is 0.172. The standard InChI is InChI=1S/C14H14ClF3N2O2/c1-2-5-19-13(21)20-7-10(8-20)22-12-4-3-9(6-11(12)15)14(16,17)18/h2-4,6,10H,1,5,7-8H2,(H,19,21). The Morgan fingerprint density at radius 3 is 2.73 bits per heavy atom. The van der Waals surface area contributed by atoms with Crippen LogP contribution >= 0.6 is 11.6 Å². The third kappa shape index (κ3) is 3.85. The van der Waals surface area contributed by atoms with E-state index >= 15 is 0 Å². The van der Waals surface area contributed by atoms with Crippen LogP contribution in [0, 0.1) is 0 Å². The Balaban J connectivity index is 1.89. The van der Waals surface area contributed by atoms with E-state index in [-0.39, 0.29) is 22.9 Å². The quantitative estimate of drug-likeness (QED) is 0.858. The monoisotopic (exact) mass is 334 g/mol. The van der Waals surface area contributed by atoms with Gasteiger partial charge in [-0.15, -0.1) is 6.58 Å². The van der Waals surface area contributed by atoms with Crippen molar-refractivity contribution in [1.29, 1.82) is 0 Å². The van der Waals surface area contributed by atoms with E-state index in [0.29, 0.717) is 19.6 Å². The molecule has 1 fully saturated rings. The van der Waals surface area contributed by atoms with Crippen LogP contribution in [0.4, 0.5) is 18.0 Å². The number of rotatable bonds is 4. The zero-order chi connectivity index (χ0) is 16.3. The molecule has 0 spiro atoms. The third-order valence-corrected chi connectivity index (χ3v) is 3.38. The van der Waals surface area contributed by atoms with Gasteiger partial charge >= 0.3 is 12.2 Å². The summed E-state index contributed by atoms with van der Waals surface area (Å²) in [6.07, 6.45) is -3.17. The Kier molecular flexibility index (Phi) is 4.85. The minimum atomic E-state index is -4.45. The molecule has 1 aromatic carbocycles. The maximum Gasteiger partial charge on any atom is 0.416 e. The van der Waals surface area contributed by atoms with Gasteiger partial charge in [0.05, 0.1) is 23.7 Å². The Hall–Kier alpha value is -1.89. The van der Waals surface area contributed by atoms with E-state index in [9.17, 15) is 18.0 Å². The Morgan fingerprint density at radius 1 is 1.50 bits per heavy atom. The van der Waals surface area contributed by atoms with Gasteiger partial charge in [0.25, 0.3) is 0 Å². The van der Waals surface area contributed by atoms with E-state index in [1.165, 1.54) is 11.0 Å². The van der Waals surface area contributed by atoms with Gasteiger partial charge in [0.15, 0.2) is 0 Å². The molecule has 0 aromatic heterocycles. The average molecular weight is 335 g/mol. The summed E-state index contributed by atoms with van der Waals surface area (Å²) >= 11 is 5.80. The van der Waals surface area contributed by atoms with Gasteiger partial charge in [0.2, 0.25) is 0 Å². The number of benzene rings is 1. The second-order valence-corrected chi connectivity index (χ2v) is 5.17. The first-order valence-corrected chi connectivity index (χ1v) is 6.86. The molecule has 1 aromatic rings. The maximum absolute atomic E-state index is 12.5. The highest BCUT2D eigenvalue weighted by molar-refractivity contribution is 6.32. The van der Waals surface area contributed by atoms with Gasteiger partial charge in [-0.05, 0) is 18.2 Å². The molecule has 0 unspecified atom stereocenters. The van der Waals surface area contributed by atoms with Crippen molar-refractivity contribution in [3.63, 3.8) is 0 Å². The molecular formula is C14H14ClF3N2O2. The van der Waals surface area contributed by atoms with Crippen molar-refractivity contribution in [1.82, 2.24) is 10.2 Å². The normalized spacial score (nSPS) is 15.2. The van der Waals surface area contributed by atoms with Gasteiger partial charge in [0, 0.05) is 6.54 Å². The lowest BCUT2D eigenvalue weighted by Crippen LogP contribution is -2.58. The number of halogens is 4. The lowest BCUT2D eigenvalue weighted by molar-refractivity contribution is -0.137. The molecule has 1 heterocycles. The zero-order valence-electron chi connectivity index (χ0n) is 11.5. The number of nitrogens with one attached hydrogen (secondary N) is 1. The van der Waals surface area contributed by atoms with Crippen molar-refractivity contribution in [3.05, 3.63) is 41.4 Å². The number of carbonyl (C=O) groups excluding carboxylic acids is 1. The van der Waals surface area contributed by atoms with Crippen molar-refractivity contribution < 1.29 is 22.7 Å². The number of hydrogen-bond donors (Lipinski definition) is 1. The zero-order valence-corrected chi connectivity index (χ0v) is 12.2. The van der Waals surface area contributed by atoms with Crippen LogP contribution in [-0.4, -0.2) is 36.7 Å². The second kappa shape index (κ2) is 6.48. The van der Waals surface area contributed by atoms with Crippen LogP contribution in [0.1, 0.15) is 5.56 Å². The molecule has 120 valence electrons. The Morgan fingerprint density at radius 2 is 2.18 bits per heavy atom. The number of alkyl halides is 3. The van der Waals surface area contributed by atoms with Gasteiger partial charge in [-0.25, -0.2) is 4.79 Å². The molecule has 0 bridgehead atoms. The molecule has 22 heavy (non-hydrogen) atoms. The molecule has 2 amide bonds. The summed E-state index contributed by atoms with van der Waals surface area (Å²) in [6.45, 7) is 4.55. The van der Waals surface area contributed by atoms with Crippen molar-refractivity contribution in [3.8, 4) is 5.75 Å². The predicted octanol–water partition coefficient (Wildman–Crippen LogP) is 3.32. The third-order valence-electron chi connectivity index (χ3n) is 3.09. The molecule has 8 heteroatoms. The minimum absolute atomic E-state index is 0.107. The average Bonchev–Trinajstić information content (AvgIpc) is 2.40. The first-order valence-electron chi connectivity index (χ1n) is 6.48. The molecule has 0 atom stereocenters. The maximum atomic E-state index is 12.5. The van der Waals surface area contributed by atoms with Crippen LogP contribution in [0.2, 0.25) is 5.02 Å². The van der Waals surface area contributed by atoms with Crippen molar-refractivity contribution in [2.75, 3.05) is 19.6 Å². The van der Waals surface area contributed by atoms with Crippen LogP contribution < -0.4 is 10.1 Å². The van der Waals surface area contributed by atoms with Gasteiger partial charge < -0.3 is 15.0 Å². The van der Waals surface area contributed by atoms with Crippen LogP contribution in [0.3, 0.4) is 0 Å². The molecule has 0 aliphatic carbocycles. The molecule has 2 rings (SSSR count). The lowest BCUT2D eigenvalue weighted by Gasteiger charge is -2.38. The van der Waals surface area contributed by atoms with Crippen LogP contribution in [0.5, 0.6) is 5.75 Å². The fourth-order valence-electron chi connectivity index (χ4n) is 1.90. The first kappa shape index (κ1) is 16.5. The Bertz CT molecular complexity index is 572. The molecule has 1 aliphatic heterocycles. The van der Waals surface area contributed by atoms with Crippen molar-refractivity contribution >= 4 is 17.6 Å². The van der Waals surface area contributed by atoms with Crippen molar-refractivity contribution in [2.45, 2.75) is 12.3 Å². The first-order chi connectivity index (χ1) is 10.3. The molecule has 1 aliphatic rings. The number of amides is 2. The number of nitrogens with zero attached hydrogens (tertiary/aromatic N) is 1. The molecule has 1 N–H and O–H groups in total.